The van der Waals surface area contributed by atoms with Crippen LogP contribution < -0.4 is 10.1 Å². The SMILES string of the molecule is COc1ccc(C(CNC(=O)N2CC=C(c3ccccc3)CC2)N2CCCC2)cc1. The zero-order valence-electron chi connectivity index (χ0n) is 17.7. The van der Waals surface area contributed by atoms with E-state index in [0.29, 0.717) is 13.1 Å². The highest BCUT2D eigenvalue weighted by Gasteiger charge is 2.25. The summed E-state index contributed by atoms with van der Waals surface area (Å²) in [5.74, 6) is 0.859. The molecule has 0 spiro atoms. The van der Waals surface area contributed by atoms with E-state index >= 15 is 0 Å². The van der Waals surface area contributed by atoms with Gasteiger partial charge in [0.1, 0.15) is 5.75 Å². The molecule has 1 atom stereocenters. The number of nitrogens with one attached hydrogen (secondary N) is 1. The number of urea groups is 1. The number of likely N-dealkylation sites (tertiary alicyclic amines) is 1. The Morgan fingerprint density at radius 1 is 1.03 bits per heavy atom. The molecule has 4 rings (SSSR count). The Morgan fingerprint density at radius 3 is 2.40 bits per heavy atom. The van der Waals surface area contributed by atoms with Gasteiger partial charge in [0, 0.05) is 19.6 Å². The molecule has 0 saturated carbocycles. The minimum atomic E-state index is 0.0241. The van der Waals surface area contributed by atoms with Crippen molar-refractivity contribution in [2.45, 2.75) is 25.3 Å². The average Bonchev–Trinajstić information content (AvgIpc) is 3.35. The molecule has 2 heterocycles. The minimum Gasteiger partial charge on any atom is -0.497 e. The number of rotatable bonds is 6. The number of hydrogen-bond donors (Lipinski definition) is 1. The molecule has 2 aliphatic rings. The molecule has 2 amide bonds. The predicted octanol–water partition coefficient (Wildman–Crippen LogP) is 4.33. The van der Waals surface area contributed by atoms with Crippen molar-refractivity contribution in [2.75, 3.05) is 39.8 Å². The van der Waals surface area contributed by atoms with E-state index < -0.39 is 0 Å². The Balaban J connectivity index is 1.37. The number of ether oxygens (including phenoxy) is 1. The van der Waals surface area contributed by atoms with Crippen LogP contribution >= 0.6 is 0 Å². The van der Waals surface area contributed by atoms with E-state index in [0.717, 1.165) is 31.8 Å². The van der Waals surface area contributed by atoms with E-state index in [1.165, 1.54) is 29.5 Å². The molecule has 2 aromatic carbocycles. The highest BCUT2D eigenvalue weighted by atomic mass is 16.5. The van der Waals surface area contributed by atoms with Crippen molar-refractivity contribution in [3.63, 3.8) is 0 Å². The fourth-order valence-electron chi connectivity index (χ4n) is 4.40. The van der Waals surface area contributed by atoms with Crippen molar-refractivity contribution in [3.8, 4) is 5.75 Å². The molecule has 2 aliphatic heterocycles. The van der Waals surface area contributed by atoms with E-state index in [1.807, 2.05) is 23.1 Å². The topological polar surface area (TPSA) is 44.8 Å². The van der Waals surface area contributed by atoms with E-state index in [4.69, 9.17) is 4.74 Å². The van der Waals surface area contributed by atoms with Crippen molar-refractivity contribution >= 4 is 11.6 Å². The number of hydrogen-bond acceptors (Lipinski definition) is 3. The van der Waals surface area contributed by atoms with Gasteiger partial charge in [0.15, 0.2) is 0 Å². The predicted molar refractivity (Wildman–Crippen MR) is 121 cm³/mol. The first-order valence-electron chi connectivity index (χ1n) is 10.9. The van der Waals surface area contributed by atoms with Crippen LogP contribution in [0.25, 0.3) is 5.57 Å². The smallest absolute Gasteiger partial charge is 0.317 e. The molecule has 1 N–H and O–H groups in total. The van der Waals surface area contributed by atoms with Crippen LogP contribution in [0.15, 0.2) is 60.7 Å². The number of methoxy groups -OCH3 is 1. The van der Waals surface area contributed by atoms with Crippen molar-refractivity contribution in [2.24, 2.45) is 0 Å². The molecule has 1 fully saturated rings. The number of carbonyl (C=O) groups excluding carboxylic acids is 1. The van der Waals surface area contributed by atoms with Crippen LogP contribution in [-0.2, 0) is 0 Å². The third kappa shape index (κ3) is 4.85. The maximum Gasteiger partial charge on any atom is 0.317 e. The first-order valence-corrected chi connectivity index (χ1v) is 10.9. The number of nitrogens with zero attached hydrogens (tertiary/aromatic N) is 2. The van der Waals surface area contributed by atoms with Crippen LogP contribution in [0.2, 0.25) is 0 Å². The lowest BCUT2D eigenvalue weighted by Gasteiger charge is -2.31. The van der Waals surface area contributed by atoms with Gasteiger partial charge in [0.05, 0.1) is 13.2 Å². The fraction of sp³-hybridized carbons (Fsp3) is 0.400. The van der Waals surface area contributed by atoms with Gasteiger partial charge >= 0.3 is 6.03 Å². The second-order valence-corrected chi connectivity index (χ2v) is 8.01. The second kappa shape index (κ2) is 9.81. The standard InChI is InChI=1S/C25H31N3O2/c1-30-23-11-9-22(10-12-23)24(27-15-5-6-16-27)19-26-25(29)28-17-13-21(14-18-28)20-7-3-2-4-8-20/h2-4,7-13,24H,5-6,14-19H2,1H3,(H,26,29). The molecule has 30 heavy (non-hydrogen) atoms. The Morgan fingerprint density at radius 2 is 1.77 bits per heavy atom. The Hall–Kier alpha value is -2.79. The van der Waals surface area contributed by atoms with E-state index in [2.05, 4.69) is 52.7 Å². The zero-order chi connectivity index (χ0) is 20.8. The number of carbonyl (C=O) groups is 1. The maximum absolute atomic E-state index is 12.8. The Labute approximate surface area is 179 Å². The van der Waals surface area contributed by atoms with Crippen molar-refractivity contribution in [3.05, 3.63) is 71.8 Å². The third-order valence-electron chi connectivity index (χ3n) is 6.17. The van der Waals surface area contributed by atoms with Gasteiger partial charge in [-0.1, -0.05) is 48.5 Å². The Bertz CT molecular complexity index is 858. The van der Waals surface area contributed by atoms with Gasteiger partial charge in [-0.15, -0.1) is 0 Å². The third-order valence-corrected chi connectivity index (χ3v) is 6.17. The second-order valence-electron chi connectivity index (χ2n) is 8.01. The molecule has 1 saturated heterocycles. The van der Waals surface area contributed by atoms with Gasteiger partial charge in [0.25, 0.3) is 0 Å². The zero-order valence-corrected chi connectivity index (χ0v) is 17.7. The van der Waals surface area contributed by atoms with Crippen LogP contribution in [0.5, 0.6) is 5.75 Å². The molecule has 5 heteroatoms. The van der Waals surface area contributed by atoms with Gasteiger partial charge < -0.3 is 15.0 Å². The first kappa shape index (κ1) is 20.5. The average molecular weight is 406 g/mol. The van der Waals surface area contributed by atoms with Gasteiger partial charge in [-0.2, -0.15) is 0 Å². The van der Waals surface area contributed by atoms with Crippen molar-refractivity contribution in [1.29, 1.82) is 0 Å². The summed E-state index contributed by atoms with van der Waals surface area (Å²) >= 11 is 0. The molecule has 5 nitrogen and oxygen atoms in total. The quantitative estimate of drug-likeness (QED) is 0.778. The molecule has 0 aliphatic carbocycles. The van der Waals surface area contributed by atoms with Crippen molar-refractivity contribution in [1.82, 2.24) is 15.1 Å². The summed E-state index contributed by atoms with van der Waals surface area (Å²) in [5, 5.41) is 3.20. The molecule has 158 valence electrons. The molecule has 0 radical (unpaired) electrons. The largest absolute Gasteiger partial charge is 0.497 e. The first-order chi connectivity index (χ1) is 14.7. The van der Waals surface area contributed by atoms with Gasteiger partial charge in [-0.05, 0) is 61.2 Å². The highest BCUT2D eigenvalue weighted by molar-refractivity contribution is 5.76. The summed E-state index contributed by atoms with van der Waals surface area (Å²) in [4.78, 5) is 17.2. The lowest BCUT2D eigenvalue weighted by molar-refractivity contribution is 0.192. The molecular formula is C25H31N3O2. The van der Waals surface area contributed by atoms with Gasteiger partial charge in [-0.25, -0.2) is 4.79 Å². The van der Waals surface area contributed by atoms with Crippen LogP contribution in [-0.4, -0.2) is 55.7 Å². The fourth-order valence-corrected chi connectivity index (χ4v) is 4.40. The molecule has 1 unspecified atom stereocenters. The number of amides is 2. The summed E-state index contributed by atoms with van der Waals surface area (Å²) in [5.41, 5.74) is 3.81. The summed E-state index contributed by atoms with van der Waals surface area (Å²) < 4.78 is 5.30. The maximum atomic E-state index is 12.8. The number of benzene rings is 2. The highest BCUT2D eigenvalue weighted by Crippen LogP contribution is 2.27. The molecule has 2 aromatic rings. The molecule has 0 bridgehead atoms. The van der Waals surface area contributed by atoms with Crippen molar-refractivity contribution < 1.29 is 9.53 Å². The summed E-state index contributed by atoms with van der Waals surface area (Å²) in [6.07, 6.45) is 5.52. The molecular weight excluding hydrogens is 374 g/mol. The minimum absolute atomic E-state index is 0.0241. The normalized spacial score (nSPS) is 18.0. The van der Waals surface area contributed by atoms with Crippen LogP contribution in [0.4, 0.5) is 4.79 Å². The van der Waals surface area contributed by atoms with Gasteiger partial charge in [-0.3, -0.25) is 4.90 Å². The van der Waals surface area contributed by atoms with Crippen LogP contribution in [0, 0.1) is 0 Å². The summed E-state index contributed by atoms with van der Waals surface area (Å²) in [6, 6.07) is 18.9. The Kier molecular flexibility index (Phi) is 6.70. The van der Waals surface area contributed by atoms with Crippen LogP contribution in [0.3, 0.4) is 0 Å². The van der Waals surface area contributed by atoms with E-state index in [-0.39, 0.29) is 12.1 Å². The molecule has 0 aromatic heterocycles. The van der Waals surface area contributed by atoms with Gasteiger partial charge in [0.2, 0.25) is 0 Å². The summed E-state index contributed by atoms with van der Waals surface area (Å²) in [7, 11) is 1.68. The van der Waals surface area contributed by atoms with E-state index in [1.54, 1.807) is 7.11 Å². The lowest BCUT2D eigenvalue weighted by Crippen LogP contribution is -2.45. The lowest BCUT2D eigenvalue weighted by atomic mass is 10.00. The van der Waals surface area contributed by atoms with Crippen LogP contribution in [0.1, 0.15) is 36.4 Å². The summed E-state index contributed by atoms with van der Waals surface area (Å²) in [6.45, 7) is 4.20. The van der Waals surface area contributed by atoms with E-state index in [9.17, 15) is 4.79 Å². The monoisotopic (exact) mass is 405 g/mol.